The minimum Gasteiger partial charge on any atom is -0.456 e. The van der Waals surface area contributed by atoms with E-state index in [0.29, 0.717) is 0 Å². The van der Waals surface area contributed by atoms with Crippen LogP contribution in [-0.4, -0.2) is 58.6 Å². The van der Waals surface area contributed by atoms with Crippen molar-refractivity contribution in [2.75, 3.05) is 0 Å². The van der Waals surface area contributed by atoms with Crippen molar-refractivity contribution in [1.82, 2.24) is 0 Å². The molecule has 0 unspecified atom stereocenters. The molecule has 1 fully saturated rings. The van der Waals surface area contributed by atoms with Gasteiger partial charge in [0.25, 0.3) is 0 Å². The van der Waals surface area contributed by atoms with Crippen molar-refractivity contribution in [1.29, 1.82) is 0 Å². The van der Waals surface area contributed by atoms with Gasteiger partial charge in [0.2, 0.25) is 0 Å². The van der Waals surface area contributed by atoms with Gasteiger partial charge in [0.15, 0.2) is 6.10 Å². The molecule has 0 heterocycles. The van der Waals surface area contributed by atoms with Crippen molar-refractivity contribution in [3.8, 4) is 0 Å². The zero-order chi connectivity index (χ0) is 24.8. The number of hydrogen-bond donors (Lipinski definition) is 2. The first-order chi connectivity index (χ1) is 16.9. The molecule has 2 N–H and O–H groups in total. The van der Waals surface area contributed by atoms with Crippen molar-refractivity contribution < 1.29 is 38.8 Å². The highest BCUT2D eigenvalue weighted by Gasteiger charge is 2.49. The second-order valence-corrected chi connectivity index (χ2v) is 8.07. The summed E-state index contributed by atoms with van der Waals surface area (Å²) < 4.78 is 16.5. The molecule has 0 saturated heterocycles. The third-order valence-corrected chi connectivity index (χ3v) is 5.69. The number of aliphatic hydroxyl groups excluding tert-OH is 2. The Balaban J connectivity index is 1.56. The van der Waals surface area contributed by atoms with E-state index in [2.05, 4.69) is 0 Å². The van der Waals surface area contributed by atoms with Gasteiger partial charge in [-0.1, -0.05) is 54.6 Å². The van der Waals surface area contributed by atoms with Crippen LogP contribution in [0, 0.1) is 0 Å². The molecular formula is C27H24O8. The lowest BCUT2D eigenvalue weighted by Gasteiger charge is -2.41. The van der Waals surface area contributed by atoms with E-state index in [4.69, 9.17) is 14.2 Å². The second kappa shape index (κ2) is 10.9. The zero-order valence-corrected chi connectivity index (χ0v) is 18.6. The van der Waals surface area contributed by atoms with Crippen LogP contribution in [0.1, 0.15) is 37.5 Å². The molecule has 35 heavy (non-hydrogen) atoms. The fraction of sp³-hybridized carbons (Fsp3) is 0.222. The Morgan fingerprint density at radius 2 is 0.914 bits per heavy atom. The first-order valence-electron chi connectivity index (χ1n) is 11.1. The van der Waals surface area contributed by atoms with E-state index < -0.39 is 48.4 Å². The van der Waals surface area contributed by atoms with Crippen LogP contribution in [0.3, 0.4) is 0 Å². The molecule has 0 spiro atoms. The molecule has 3 aromatic rings. The normalized spacial score (nSPS) is 23.7. The molecule has 3 aromatic carbocycles. The molecular weight excluding hydrogens is 452 g/mol. The average Bonchev–Trinajstić information content (AvgIpc) is 2.90. The Kier molecular flexibility index (Phi) is 7.54. The van der Waals surface area contributed by atoms with Crippen molar-refractivity contribution >= 4 is 17.9 Å². The van der Waals surface area contributed by atoms with Gasteiger partial charge in [-0.05, 0) is 36.4 Å². The Morgan fingerprint density at radius 1 is 0.543 bits per heavy atom. The van der Waals surface area contributed by atoms with Crippen LogP contribution in [0.5, 0.6) is 0 Å². The Bertz CT molecular complexity index is 1150. The van der Waals surface area contributed by atoms with Gasteiger partial charge in [0.1, 0.15) is 24.4 Å². The molecule has 8 heteroatoms. The molecule has 1 aliphatic rings. The number of carbonyl (C=O) groups excluding carboxylic acids is 3. The summed E-state index contributed by atoms with van der Waals surface area (Å²) in [5.41, 5.74) is 0.726. The van der Waals surface area contributed by atoms with Crippen LogP contribution < -0.4 is 0 Å². The lowest BCUT2D eigenvalue weighted by atomic mass is 9.86. The maximum atomic E-state index is 12.7. The number of aliphatic hydroxyl groups is 2. The van der Waals surface area contributed by atoms with Gasteiger partial charge in [-0.2, -0.15) is 0 Å². The monoisotopic (exact) mass is 476 g/mol. The molecule has 1 aliphatic carbocycles. The number of hydrogen-bond acceptors (Lipinski definition) is 8. The van der Waals surface area contributed by atoms with Crippen molar-refractivity contribution in [2.45, 2.75) is 36.9 Å². The highest BCUT2D eigenvalue weighted by molar-refractivity contribution is 5.91. The van der Waals surface area contributed by atoms with E-state index in [1.54, 1.807) is 78.9 Å². The molecule has 4 rings (SSSR count). The van der Waals surface area contributed by atoms with E-state index in [9.17, 15) is 24.6 Å². The third kappa shape index (κ3) is 5.74. The van der Waals surface area contributed by atoms with Gasteiger partial charge in [-0.3, -0.25) is 0 Å². The number of carbonyl (C=O) groups is 3. The smallest absolute Gasteiger partial charge is 0.338 e. The van der Waals surface area contributed by atoms with Crippen LogP contribution in [0.15, 0.2) is 91.0 Å². The minimum absolute atomic E-state index is 0.192. The summed E-state index contributed by atoms with van der Waals surface area (Å²) in [5.74, 6) is -2.19. The Labute approximate surface area is 201 Å². The van der Waals surface area contributed by atoms with Gasteiger partial charge in [0, 0.05) is 6.42 Å². The number of rotatable bonds is 6. The summed E-state index contributed by atoms with van der Waals surface area (Å²) in [6.07, 6.45) is -7.25. The topological polar surface area (TPSA) is 119 Å². The first kappa shape index (κ1) is 24.1. The third-order valence-electron chi connectivity index (χ3n) is 5.69. The van der Waals surface area contributed by atoms with Crippen LogP contribution in [0.25, 0.3) is 0 Å². The number of esters is 3. The van der Waals surface area contributed by atoms with E-state index in [1.165, 1.54) is 12.1 Å². The Hall–Kier alpha value is -4.01. The van der Waals surface area contributed by atoms with Crippen molar-refractivity contribution in [3.05, 3.63) is 108 Å². The van der Waals surface area contributed by atoms with Gasteiger partial charge in [0.05, 0.1) is 16.7 Å². The summed E-state index contributed by atoms with van der Waals surface area (Å²) in [4.78, 5) is 38.0. The van der Waals surface area contributed by atoms with Crippen LogP contribution in [0.4, 0.5) is 0 Å². The Morgan fingerprint density at radius 3 is 1.34 bits per heavy atom. The lowest BCUT2D eigenvalue weighted by Crippen LogP contribution is -2.59. The quantitative estimate of drug-likeness (QED) is 0.412. The molecule has 0 bridgehead atoms. The van der Waals surface area contributed by atoms with Gasteiger partial charge in [-0.15, -0.1) is 0 Å². The summed E-state index contributed by atoms with van der Waals surface area (Å²) in [5, 5.41) is 21.5. The SMILES string of the molecule is O=C(O[C@@H]1[C@@H](O)[C@@H](O)[C@H](OC(=O)c2ccccc2)C[C@H]1OC(=O)c1ccccc1)c1ccccc1. The second-order valence-electron chi connectivity index (χ2n) is 8.07. The molecule has 1 saturated carbocycles. The molecule has 5 atom stereocenters. The summed E-state index contributed by atoms with van der Waals surface area (Å²) in [6, 6.07) is 24.4. The molecule has 180 valence electrons. The standard InChI is InChI=1S/C27H24O8/c28-22-20(33-25(30)17-10-4-1-5-11-17)16-21(34-26(31)18-12-6-2-7-13-18)24(23(22)29)35-27(32)19-14-8-3-9-15-19/h1-15,20-24,28-29H,16H2/t20-,21-,22+,23+,24+/m1/s1. The molecule has 0 radical (unpaired) electrons. The summed E-state index contributed by atoms with van der Waals surface area (Å²) in [7, 11) is 0. The van der Waals surface area contributed by atoms with Crippen LogP contribution in [0.2, 0.25) is 0 Å². The fourth-order valence-electron chi connectivity index (χ4n) is 3.84. The highest BCUT2D eigenvalue weighted by Crippen LogP contribution is 2.29. The molecule has 0 amide bonds. The van der Waals surface area contributed by atoms with Crippen molar-refractivity contribution in [2.24, 2.45) is 0 Å². The zero-order valence-electron chi connectivity index (χ0n) is 18.6. The molecule has 0 aliphatic heterocycles. The van der Waals surface area contributed by atoms with Gasteiger partial charge in [-0.25, -0.2) is 14.4 Å². The van der Waals surface area contributed by atoms with Gasteiger partial charge < -0.3 is 24.4 Å². The number of benzene rings is 3. The van der Waals surface area contributed by atoms with E-state index in [-0.39, 0.29) is 23.1 Å². The maximum absolute atomic E-state index is 12.7. The predicted molar refractivity (Wildman–Crippen MR) is 124 cm³/mol. The summed E-state index contributed by atoms with van der Waals surface area (Å²) >= 11 is 0. The highest BCUT2D eigenvalue weighted by atomic mass is 16.6. The molecule has 8 nitrogen and oxygen atoms in total. The lowest BCUT2D eigenvalue weighted by molar-refractivity contribution is -0.179. The first-order valence-corrected chi connectivity index (χ1v) is 11.1. The minimum atomic E-state index is -1.68. The van der Waals surface area contributed by atoms with E-state index in [1.807, 2.05) is 0 Å². The van der Waals surface area contributed by atoms with E-state index in [0.717, 1.165) is 0 Å². The maximum Gasteiger partial charge on any atom is 0.338 e. The van der Waals surface area contributed by atoms with Crippen LogP contribution in [-0.2, 0) is 14.2 Å². The largest absolute Gasteiger partial charge is 0.456 e. The summed E-state index contributed by atoms with van der Waals surface area (Å²) in [6.45, 7) is 0. The van der Waals surface area contributed by atoms with Crippen molar-refractivity contribution in [3.63, 3.8) is 0 Å². The van der Waals surface area contributed by atoms with Gasteiger partial charge >= 0.3 is 17.9 Å². The number of ether oxygens (including phenoxy) is 3. The van der Waals surface area contributed by atoms with Crippen LogP contribution >= 0.6 is 0 Å². The average molecular weight is 476 g/mol. The molecule has 0 aromatic heterocycles. The predicted octanol–water partition coefficient (Wildman–Crippen LogP) is 2.79. The van der Waals surface area contributed by atoms with E-state index >= 15 is 0 Å². The fourth-order valence-corrected chi connectivity index (χ4v) is 3.84.